The van der Waals surface area contributed by atoms with Gasteiger partial charge in [0.25, 0.3) is 0 Å². The molecule has 1 N–H and O–H groups in total. The molecule has 0 saturated heterocycles. The lowest BCUT2D eigenvalue weighted by atomic mass is 10.0. The van der Waals surface area contributed by atoms with E-state index in [2.05, 4.69) is 46.1 Å². The van der Waals surface area contributed by atoms with Crippen molar-refractivity contribution in [3.63, 3.8) is 0 Å². The maximum Gasteiger partial charge on any atom is 0.228 e. The third-order valence-electron chi connectivity index (χ3n) is 4.72. The predicted molar refractivity (Wildman–Crippen MR) is 110 cm³/mol. The lowest BCUT2D eigenvalue weighted by Crippen LogP contribution is -2.14. The van der Waals surface area contributed by atoms with Gasteiger partial charge in [-0.15, -0.1) is 0 Å². The largest absolute Gasteiger partial charge is 0.331 e. The van der Waals surface area contributed by atoms with Gasteiger partial charge < -0.3 is 9.88 Å². The molecular weight excluding hydrogens is 334 g/mol. The van der Waals surface area contributed by atoms with E-state index < -0.39 is 0 Å². The normalized spacial score (nSPS) is 10.7. The topological polar surface area (TPSA) is 46.9 Å². The van der Waals surface area contributed by atoms with Gasteiger partial charge in [0.1, 0.15) is 5.82 Å². The zero-order valence-corrected chi connectivity index (χ0v) is 16.1. The Bertz CT molecular complexity index is 863. The van der Waals surface area contributed by atoms with Gasteiger partial charge in [-0.3, -0.25) is 4.79 Å². The second-order valence-corrected chi connectivity index (χ2v) is 6.94. The predicted octanol–water partition coefficient (Wildman–Crippen LogP) is 4.76. The third kappa shape index (κ3) is 5.55. The average Bonchev–Trinajstić information content (AvgIpc) is 3.07. The molecule has 2 aromatic carbocycles. The number of carbonyl (C=O) groups excluding carboxylic acids is 1. The minimum atomic E-state index is 0.00881. The molecule has 1 aromatic heterocycles. The van der Waals surface area contributed by atoms with Crippen LogP contribution in [0.4, 0.5) is 5.69 Å². The Morgan fingerprint density at radius 2 is 1.67 bits per heavy atom. The summed E-state index contributed by atoms with van der Waals surface area (Å²) in [5.41, 5.74) is 4.38. The van der Waals surface area contributed by atoms with Crippen molar-refractivity contribution in [2.45, 2.75) is 46.1 Å². The molecular formula is C23H27N3O. The van der Waals surface area contributed by atoms with Crippen molar-refractivity contribution in [3.8, 4) is 0 Å². The highest BCUT2D eigenvalue weighted by atomic mass is 16.1. The molecule has 0 atom stereocenters. The van der Waals surface area contributed by atoms with Crippen molar-refractivity contribution in [1.29, 1.82) is 0 Å². The van der Waals surface area contributed by atoms with Crippen molar-refractivity contribution in [2.24, 2.45) is 0 Å². The Balaban J connectivity index is 1.52. The number of rotatable bonds is 8. The van der Waals surface area contributed by atoms with Gasteiger partial charge in [0, 0.05) is 24.6 Å². The number of nitrogens with zero attached hydrogens (tertiary/aromatic N) is 2. The lowest BCUT2D eigenvalue weighted by molar-refractivity contribution is -0.115. The number of benzene rings is 2. The van der Waals surface area contributed by atoms with E-state index in [4.69, 9.17) is 0 Å². The first kappa shape index (κ1) is 18.9. The summed E-state index contributed by atoms with van der Waals surface area (Å²) >= 11 is 0. The van der Waals surface area contributed by atoms with Crippen molar-refractivity contribution in [3.05, 3.63) is 83.4 Å². The molecule has 0 unspecified atom stereocenters. The van der Waals surface area contributed by atoms with E-state index >= 15 is 0 Å². The number of aryl methyl sites for hydroxylation is 2. The fraction of sp³-hybridized carbons (Fsp3) is 0.304. The highest BCUT2D eigenvalue weighted by molar-refractivity contribution is 5.92. The molecule has 1 heterocycles. The van der Waals surface area contributed by atoms with E-state index in [-0.39, 0.29) is 5.91 Å². The first-order valence-corrected chi connectivity index (χ1v) is 9.58. The van der Waals surface area contributed by atoms with E-state index in [1.54, 1.807) is 6.20 Å². The SMILES string of the molecule is CCCCc1ccc(CC(=O)Nc2ccc(Cn3ccnc3C)cc2)cc1. The number of hydrogen-bond acceptors (Lipinski definition) is 2. The number of anilines is 1. The van der Waals surface area contributed by atoms with Crippen molar-refractivity contribution < 1.29 is 4.79 Å². The molecule has 140 valence electrons. The van der Waals surface area contributed by atoms with E-state index in [0.29, 0.717) is 6.42 Å². The monoisotopic (exact) mass is 361 g/mol. The fourth-order valence-electron chi connectivity index (χ4n) is 3.06. The number of imidazole rings is 1. The molecule has 27 heavy (non-hydrogen) atoms. The van der Waals surface area contributed by atoms with Gasteiger partial charge in [0.2, 0.25) is 5.91 Å². The van der Waals surface area contributed by atoms with Gasteiger partial charge in [0.05, 0.1) is 6.42 Å². The van der Waals surface area contributed by atoms with Crippen LogP contribution >= 0.6 is 0 Å². The van der Waals surface area contributed by atoms with Crippen LogP contribution in [0.3, 0.4) is 0 Å². The zero-order chi connectivity index (χ0) is 19.1. The number of unbranched alkanes of at least 4 members (excludes halogenated alkanes) is 1. The van der Waals surface area contributed by atoms with Crippen LogP contribution < -0.4 is 5.32 Å². The standard InChI is InChI=1S/C23H27N3O/c1-3-4-5-19-6-8-20(9-7-19)16-23(27)25-22-12-10-21(11-13-22)17-26-15-14-24-18(26)2/h6-15H,3-5,16-17H2,1-2H3,(H,25,27). The van der Waals surface area contributed by atoms with Crippen LogP contribution in [0.5, 0.6) is 0 Å². The van der Waals surface area contributed by atoms with Gasteiger partial charge in [-0.25, -0.2) is 4.98 Å². The summed E-state index contributed by atoms with van der Waals surface area (Å²) < 4.78 is 2.09. The Hall–Kier alpha value is -2.88. The zero-order valence-electron chi connectivity index (χ0n) is 16.1. The summed E-state index contributed by atoms with van der Waals surface area (Å²) in [6, 6.07) is 16.4. The van der Waals surface area contributed by atoms with Crippen LogP contribution in [-0.4, -0.2) is 15.5 Å². The Morgan fingerprint density at radius 3 is 2.30 bits per heavy atom. The summed E-state index contributed by atoms with van der Waals surface area (Å²) in [5.74, 6) is 1.00. The lowest BCUT2D eigenvalue weighted by Gasteiger charge is -2.09. The number of carbonyl (C=O) groups is 1. The molecule has 0 aliphatic heterocycles. The molecule has 0 fully saturated rings. The Labute approximate surface area is 161 Å². The number of nitrogens with one attached hydrogen (secondary N) is 1. The minimum Gasteiger partial charge on any atom is -0.331 e. The highest BCUT2D eigenvalue weighted by Crippen LogP contribution is 2.13. The maximum atomic E-state index is 12.3. The third-order valence-corrected chi connectivity index (χ3v) is 4.72. The van der Waals surface area contributed by atoms with Crippen molar-refractivity contribution in [1.82, 2.24) is 9.55 Å². The summed E-state index contributed by atoms with van der Waals surface area (Å²) in [6.07, 6.45) is 7.68. The second kappa shape index (κ2) is 9.17. The van der Waals surface area contributed by atoms with E-state index in [9.17, 15) is 4.79 Å². The highest BCUT2D eigenvalue weighted by Gasteiger charge is 2.05. The Morgan fingerprint density at radius 1 is 1.00 bits per heavy atom. The van der Waals surface area contributed by atoms with Gasteiger partial charge >= 0.3 is 0 Å². The average molecular weight is 361 g/mol. The second-order valence-electron chi connectivity index (χ2n) is 6.94. The van der Waals surface area contributed by atoms with E-state index in [1.807, 2.05) is 37.4 Å². The summed E-state index contributed by atoms with van der Waals surface area (Å²) in [4.78, 5) is 16.5. The smallest absolute Gasteiger partial charge is 0.228 e. The van der Waals surface area contributed by atoms with Crippen LogP contribution in [0, 0.1) is 6.92 Å². The first-order valence-electron chi connectivity index (χ1n) is 9.58. The molecule has 1 amide bonds. The molecule has 0 saturated carbocycles. The van der Waals surface area contributed by atoms with Gasteiger partial charge in [-0.1, -0.05) is 49.7 Å². The van der Waals surface area contributed by atoms with Gasteiger partial charge in [-0.2, -0.15) is 0 Å². The first-order chi connectivity index (χ1) is 13.1. The number of hydrogen-bond donors (Lipinski definition) is 1. The van der Waals surface area contributed by atoms with Crippen molar-refractivity contribution in [2.75, 3.05) is 5.32 Å². The van der Waals surface area contributed by atoms with Crippen LogP contribution in [0.15, 0.2) is 60.9 Å². The molecule has 4 nitrogen and oxygen atoms in total. The summed E-state index contributed by atoms with van der Waals surface area (Å²) in [6.45, 7) is 4.97. The molecule has 3 rings (SSSR count). The van der Waals surface area contributed by atoms with Gasteiger partial charge in [-0.05, 0) is 48.6 Å². The number of amides is 1. The van der Waals surface area contributed by atoms with E-state index in [1.165, 1.54) is 24.0 Å². The molecule has 4 heteroatoms. The maximum absolute atomic E-state index is 12.3. The van der Waals surface area contributed by atoms with Crippen molar-refractivity contribution >= 4 is 11.6 Å². The number of aromatic nitrogens is 2. The quantitative estimate of drug-likeness (QED) is 0.628. The molecule has 0 radical (unpaired) electrons. The minimum absolute atomic E-state index is 0.00881. The summed E-state index contributed by atoms with van der Waals surface area (Å²) in [5, 5.41) is 2.98. The molecule has 0 aliphatic carbocycles. The van der Waals surface area contributed by atoms with Crippen LogP contribution in [0.2, 0.25) is 0 Å². The van der Waals surface area contributed by atoms with Gasteiger partial charge in [0.15, 0.2) is 0 Å². The molecule has 0 spiro atoms. The molecule has 3 aromatic rings. The van der Waals surface area contributed by atoms with Crippen LogP contribution in [-0.2, 0) is 24.2 Å². The fourth-order valence-corrected chi connectivity index (χ4v) is 3.06. The summed E-state index contributed by atoms with van der Waals surface area (Å²) in [7, 11) is 0. The molecule has 0 aliphatic rings. The van der Waals surface area contributed by atoms with E-state index in [0.717, 1.165) is 30.0 Å². The van der Waals surface area contributed by atoms with Crippen LogP contribution in [0.1, 0.15) is 42.3 Å². The molecule has 0 bridgehead atoms. The van der Waals surface area contributed by atoms with Crippen LogP contribution in [0.25, 0.3) is 0 Å². The Kier molecular flexibility index (Phi) is 6.42.